The lowest BCUT2D eigenvalue weighted by Gasteiger charge is -2.16. The minimum atomic E-state index is -3.59. The maximum atomic E-state index is 12.2. The summed E-state index contributed by atoms with van der Waals surface area (Å²) in [5.41, 5.74) is 2.12. The number of hydrogen-bond donors (Lipinski definition) is 3. The number of benzene rings is 1. The monoisotopic (exact) mass is 575 g/mol. The molecular formula is C21H30IN5O4S. The van der Waals surface area contributed by atoms with E-state index in [1.54, 1.807) is 13.1 Å². The van der Waals surface area contributed by atoms with Gasteiger partial charge in [0.15, 0.2) is 5.96 Å². The number of nitrogens with one attached hydrogen (secondary N) is 3. The summed E-state index contributed by atoms with van der Waals surface area (Å²) >= 11 is 0. The van der Waals surface area contributed by atoms with E-state index >= 15 is 0 Å². The molecule has 0 bridgehead atoms. The molecule has 0 spiro atoms. The van der Waals surface area contributed by atoms with E-state index in [0.29, 0.717) is 25.7 Å². The van der Waals surface area contributed by atoms with Crippen molar-refractivity contribution in [2.24, 2.45) is 4.99 Å². The molecule has 32 heavy (non-hydrogen) atoms. The summed E-state index contributed by atoms with van der Waals surface area (Å²) in [4.78, 5) is 8.16. The average molecular weight is 575 g/mol. The van der Waals surface area contributed by atoms with Gasteiger partial charge in [-0.25, -0.2) is 13.1 Å². The van der Waals surface area contributed by atoms with Crippen LogP contribution in [0.15, 0.2) is 46.5 Å². The number of pyridine rings is 1. The first kappa shape index (κ1) is 26.1. The summed E-state index contributed by atoms with van der Waals surface area (Å²) in [6.07, 6.45) is 3.88. The molecule has 0 saturated carbocycles. The van der Waals surface area contributed by atoms with Gasteiger partial charge in [-0.15, -0.1) is 24.0 Å². The van der Waals surface area contributed by atoms with E-state index < -0.39 is 10.0 Å². The molecule has 2 heterocycles. The molecule has 1 aromatic heterocycles. The van der Waals surface area contributed by atoms with Gasteiger partial charge in [-0.2, -0.15) is 0 Å². The molecule has 1 aliphatic heterocycles. The Kier molecular flexibility index (Phi) is 9.97. The van der Waals surface area contributed by atoms with E-state index in [1.807, 2.05) is 26.0 Å². The standard InChI is InChI=1S/C21H29N5O4S.HI/c1-4-29-19-11-16-10-15(2)30-20(16)12-17(19)13-25-21(22-3)24-8-9-26-31(27,28)18-6-5-7-23-14-18;/h5-7,11-12,14-15,26H,4,8-10,13H2,1-3H3,(H2,22,24,25);1H. The van der Waals surface area contributed by atoms with Crippen LogP contribution >= 0.6 is 24.0 Å². The molecule has 1 atom stereocenters. The van der Waals surface area contributed by atoms with Crippen molar-refractivity contribution < 1.29 is 17.9 Å². The van der Waals surface area contributed by atoms with E-state index in [2.05, 4.69) is 25.3 Å². The number of aliphatic imine (C=N–C) groups is 1. The topological polar surface area (TPSA) is 114 Å². The van der Waals surface area contributed by atoms with Crippen molar-refractivity contribution in [3.8, 4) is 11.5 Å². The van der Waals surface area contributed by atoms with E-state index in [-0.39, 0.29) is 41.5 Å². The summed E-state index contributed by atoms with van der Waals surface area (Å²) < 4.78 is 38.6. The van der Waals surface area contributed by atoms with Crippen molar-refractivity contribution in [3.05, 3.63) is 47.8 Å². The summed E-state index contributed by atoms with van der Waals surface area (Å²) in [5.74, 6) is 2.27. The number of ether oxygens (including phenoxy) is 2. The zero-order chi connectivity index (χ0) is 22.3. The third-order valence-electron chi connectivity index (χ3n) is 4.70. The maximum Gasteiger partial charge on any atom is 0.242 e. The van der Waals surface area contributed by atoms with Crippen LogP contribution in [0.1, 0.15) is 25.0 Å². The van der Waals surface area contributed by atoms with Crippen LogP contribution in [-0.2, 0) is 23.0 Å². The van der Waals surface area contributed by atoms with Crippen molar-refractivity contribution in [1.82, 2.24) is 20.3 Å². The van der Waals surface area contributed by atoms with Crippen molar-refractivity contribution >= 4 is 40.0 Å². The largest absolute Gasteiger partial charge is 0.494 e. The van der Waals surface area contributed by atoms with Crippen molar-refractivity contribution in [1.29, 1.82) is 0 Å². The highest BCUT2D eigenvalue weighted by Crippen LogP contribution is 2.35. The average Bonchev–Trinajstić information content (AvgIpc) is 3.12. The Morgan fingerprint density at radius 2 is 2.12 bits per heavy atom. The molecule has 11 heteroatoms. The second kappa shape index (κ2) is 12.2. The van der Waals surface area contributed by atoms with Gasteiger partial charge < -0.3 is 20.1 Å². The van der Waals surface area contributed by atoms with E-state index in [1.165, 1.54) is 18.5 Å². The Morgan fingerprint density at radius 3 is 2.81 bits per heavy atom. The first-order chi connectivity index (χ1) is 14.9. The van der Waals surface area contributed by atoms with Crippen molar-refractivity contribution in [3.63, 3.8) is 0 Å². The zero-order valence-corrected chi connectivity index (χ0v) is 21.6. The number of aromatic nitrogens is 1. The second-order valence-electron chi connectivity index (χ2n) is 7.07. The number of guanidine groups is 1. The zero-order valence-electron chi connectivity index (χ0n) is 18.4. The lowest BCUT2D eigenvalue weighted by molar-refractivity contribution is 0.254. The molecule has 0 amide bonds. The molecule has 176 valence electrons. The normalized spacial score (nSPS) is 15.3. The number of hydrogen-bond acceptors (Lipinski definition) is 6. The summed E-state index contributed by atoms with van der Waals surface area (Å²) in [6, 6.07) is 7.13. The van der Waals surface area contributed by atoms with Gasteiger partial charge in [0.25, 0.3) is 0 Å². The third kappa shape index (κ3) is 6.94. The molecular weight excluding hydrogens is 545 g/mol. The fourth-order valence-electron chi connectivity index (χ4n) is 3.26. The summed E-state index contributed by atoms with van der Waals surface area (Å²) in [7, 11) is -1.93. The van der Waals surface area contributed by atoms with Crippen LogP contribution in [-0.4, -0.2) is 52.2 Å². The Hall–Kier alpha value is -2.12. The van der Waals surface area contributed by atoms with Gasteiger partial charge in [0, 0.05) is 56.6 Å². The fraction of sp³-hybridized carbons (Fsp3) is 0.429. The van der Waals surface area contributed by atoms with Gasteiger partial charge in [0.05, 0.1) is 6.61 Å². The number of sulfonamides is 1. The molecule has 0 saturated heterocycles. The number of rotatable bonds is 9. The van der Waals surface area contributed by atoms with Gasteiger partial charge in [0.1, 0.15) is 22.5 Å². The molecule has 2 aromatic rings. The second-order valence-corrected chi connectivity index (χ2v) is 8.84. The third-order valence-corrected chi connectivity index (χ3v) is 6.15. The lowest BCUT2D eigenvalue weighted by atomic mass is 10.1. The molecule has 3 N–H and O–H groups in total. The van der Waals surface area contributed by atoms with E-state index in [9.17, 15) is 8.42 Å². The van der Waals surface area contributed by atoms with E-state index in [0.717, 1.165) is 29.0 Å². The van der Waals surface area contributed by atoms with Crippen molar-refractivity contribution in [2.45, 2.75) is 37.8 Å². The lowest BCUT2D eigenvalue weighted by Crippen LogP contribution is -2.41. The van der Waals surface area contributed by atoms with E-state index in [4.69, 9.17) is 9.47 Å². The Bertz CT molecular complexity index is 1020. The van der Waals surface area contributed by atoms with Gasteiger partial charge in [-0.1, -0.05) is 0 Å². The van der Waals surface area contributed by atoms with Crippen LogP contribution in [0.5, 0.6) is 11.5 Å². The number of nitrogens with zero attached hydrogens (tertiary/aromatic N) is 2. The molecule has 0 fully saturated rings. The molecule has 0 aliphatic carbocycles. The van der Waals surface area contributed by atoms with Crippen LogP contribution in [0.4, 0.5) is 0 Å². The molecule has 1 aliphatic rings. The molecule has 3 rings (SSSR count). The highest BCUT2D eigenvalue weighted by Gasteiger charge is 2.22. The minimum Gasteiger partial charge on any atom is -0.494 e. The molecule has 1 unspecified atom stereocenters. The molecule has 9 nitrogen and oxygen atoms in total. The van der Waals surface area contributed by atoms with Gasteiger partial charge >= 0.3 is 0 Å². The van der Waals surface area contributed by atoms with Crippen LogP contribution in [0.3, 0.4) is 0 Å². The highest BCUT2D eigenvalue weighted by atomic mass is 127. The first-order valence-electron chi connectivity index (χ1n) is 10.2. The number of fused-ring (bicyclic) bond motifs is 1. The smallest absolute Gasteiger partial charge is 0.242 e. The van der Waals surface area contributed by atoms with Gasteiger partial charge in [-0.3, -0.25) is 9.98 Å². The van der Waals surface area contributed by atoms with Gasteiger partial charge in [-0.05, 0) is 38.1 Å². The SMILES string of the molecule is CCOc1cc2c(cc1CNC(=NC)NCCNS(=O)(=O)c1cccnc1)OC(C)C2.I. The van der Waals surface area contributed by atoms with Crippen molar-refractivity contribution in [2.75, 3.05) is 26.7 Å². The highest BCUT2D eigenvalue weighted by molar-refractivity contribution is 14.0. The Labute approximate surface area is 206 Å². The van der Waals surface area contributed by atoms with Crippen LogP contribution < -0.4 is 24.8 Å². The minimum absolute atomic E-state index is 0. The Balaban J connectivity index is 0.00000363. The fourth-order valence-corrected chi connectivity index (χ4v) is 4.26. The first-order valence-corrected chi connectivity index (χ1v) is 11.7. The summed E-state index contributed by atoms with van der Waals surface area (Å²) in [6.45, 7) is 5.63. The molecule has 0 radical (unpaired) electrons. The Morgan fingerprint density at radius 1 is 1.31 bits per heavy atom. The van der Waals surface area contributed by atoms with Crippen LogP contribution in [0.25, 0.3) is 0 Å². The van der Waals surface area contributed by atoms with Crippen LogP contribution in [0.2, 0.25) is 0 Å². The maximum absolute atomic E-state index is 12.2. The predicted octanol–water partition coefficient (Wildman–Crippen LogP) is 2.07. The van der Waals surface area contributed by atoms with Crippen LogP contribution in [0, 0.1) is 0 Å². The number of halogens is 1. The quantitative estimate of drug-likeness (QED) is 0.182. The predicted molar refractivity (Wildman–Crippen MR) is 134 cm³/mol. The van der Waals surface area contributed by atoms with Gasteiger partial charge in [0.2, 0.25) is 10.0 Å². The summed E-state index contributed by atoms with van der Waals surface area (Å²) in [5, 5.41) is 6.33. The molecule has 1 aromatic carbocycles.